The Morgan fingerprint density at radius 1 is 1.00 bits per heavy atom. The minimum Gasteiger partial charge on any atom is -0.496 e. The molecule has 2 N–H and O–H groups in total. The molecule has 9 heteroatoms. The van der Waals surface area contributed by atoms with Crippen LogP contribution in [0.15, 0.2) is 55.1 Å². The van der Waals surface area contributed by atoms with E-state index in [2.05, 4.69) is 25.3 Å². The van der Waals surface area contributed by atoms with E-state index in [1.54, 1.807) is 19.5 Å². The lowest BCUT2D eigenvalue weighted by molar-refractivity contribution is -0.141. The standard InChI is InChI=1S/C21H18F3N5O/c1-30-16-6-7-25-20-19(16)15(12-29-20)8-13-3-5-18(27-9-13)28-11-14-2-4-17(26-10-14)21(22,23)24/h2-7,9-10,12H,8,11H2,1H3,(H,25,29)(H,27,28). The molecular formula is C21H18F3N5O. The van der Waals surface area contributed by atoms with Gasteiger partial charge in [-0.15, -0.1) is 0 Å². The van der Waals surface area contributed by atoms with E-state index in [0.717, 1.165) is 34.0 Å². The summed E-state index contributed by atoms with van der Waals surface area (Å²) in [6, 6.07) is 7.97. The Bertz CT molecular complexity index is 1140. The molecule has 4 heterocycles. The highest BCUT2D eigenvalue weighted by atomic mass is 19.4. The van der Waals surface area contributed by atoms with Crippen molar-refractivity contribution in [1.82, 2.24) is 19.9 Å². The minimum absolute atomic E-state index is 0.322. The van der Waals surface area contributed by atoms with Gasteiger partial charge in [-0.1, -0.05) is 12.1 Å². The van der Waals surface area contributed by atoms with Crippen LogP contribution in [0.3, 0.4) is 0 Å². The van der Waals surface area contributed by atoms with Gasteiger partial charge in [-0.3, -0.25) is 4.98 Å². The number of H-pyrrole nitrogens is 1. The van der Waals surface area contributed by atoms with Crippen LogP contribution in [0.4, 0.5) is 19.0 Å². The van der Waals surface area contributed by atoms with Crippen LogP contribution in [0.1, 0.15) is 22.4 Å². The molecule has 0 aromatic carbocycles. The number of ether oxygens (including phenoxy) is 1. The molecule has 0 atom stereocenters. The Labute approximate surface area is 170 Å². The first-order chi connectivity index (χ1) is 14.4. The molecule has 30 heavy (non-hydrogen) atoms. The van der Waals surface area contributed by atoms with E-state index < -0.39 is 11.9 Å². The van der Waals surface area contributed by atoms with Crippen LogP contribution in [0.5, 0.6) is 5.75 Å². The van der Waals surface area contributed by atoms with E-state index in [1.165, 1.54) is 12.3 Å². The van der Waals surface area contributed by atoms with Crippen molar-refractivity contribution in [3.05, 3.63) is 77.5 Å². The second-order valence-electron chi connectivity index (χ2n) is 6.68. The van der Waals surface area contributed by atoms with E-state index >= 15 is 0 Å². The van der Waals surface area contributed by atoms with Crippen molar-refractivity contribution >= 4 is 16.9 Å². The van der Waals surface area contributed by atoms with Gasteiger partial charge >= 0.3 is 6.18 Å². The maximum Gasteiger partial charge on any atom is 0.433 e. The van der Waals surface area contributed by atoms with Crippen LogP contribution in [-0.2, 0) is 19.1 Å². The molecule has 4 rings (SSSR count). The quantitative estimate of drug-likeness (QED) is 0.484. The number of nitrogens with one attached hydrogen (secondary N) is 2. The monoisotopic (exact) mass is 413 g/mol. The van der Waals surface area contributed by atoms with Crippen molar-refractivity contribution in [2.45, 2.75) is 19.1 Å². The lowest BCUT2D eigenvalue weighted by atomic mass is 10.1. The molecule has 0 aliphatic rings. The molecule has 0 spiro atoms. The maximum atomic E-state index is 12.6. The Morgan fingerprint density at radius 3 is 2.47 bits per heavy atom. The van der Waals surface area contributed by atoms with Gasteiger partial charge in [0.05, 0.1) is 12.5 Å². The van der Waals surface area contributed by atoms with Crippen LogP contribution in [-0.4, -0.2) is 27.0 Å². The van der Waals surface area contributed by atoms with Gasteiger partial charge in [-0.2, -0.15) is 13.2 Å². The second-order valence-corrected chi connectivity index (χ2v) is 6.68. The second kappa shape index (κ2) is 8.02. The number of methoxy groups -OCH3 is 1. The zero-order chi connectivity index (χ0) is 21.1. The van der Waals surface area contributed by atoms with Gasteiger partial charge < -0.3 is 15.0 Å². The van der Waals surface area contributed by atoms with Crippen molar-refractivity contribution in [2.24, 2.45) is 0 Å². The number of rotatable bonds is 6. The average Bonchev–Trinajstić information content (AvgIpc) is 3.16. The molecule has 4 aromatic rings. The summed E-state index contributed by atoms with van der Waals surface area (Å²) in [5.74, 6) is 1.38. The van der Waals surface area contributed by atoms with Crippen molar-refractivity contribution in [3.63, 3.8) is 0 Å². The van der Waals surface area contributed by atoms with E-state index in [4.69, 9.17) is 4.74 Å². The highest BCUT2D eigenvalue weighted by Gasteiger charge is 2.31. The van der Waals surface area contributed by atoms with Gasteiger partial charge in [-0.25, -0.2) is 9.97 Å². The molecule has 0 saturated carbocycles. The number of anilines is 1. The lowest BCUT2D eigenvalue weighted by Gasteiger charge is -2.09. The Morgan fingerprint density at radius 2 is 1.80 bits per heavy atom. The maximum absolute atomic E-state index is 12.6. The van der Waals surface area contributed by atoms with Crippen LogP contribution >= 0.6 is 0 Å². The lowest BCUT2D eigenvalue weighted by Crippen LogP contribution is -2.08. The number of aromatic amines is 1. The Balaban J connectivity index is 1.41. The van der Waals surface area contributed by atoms with Gasteiger partial charge in [0, 0.05) is 37.8 Å². The number of fused-ring (bicyclic) bond motifs is 1. The first kappa shape index (κ1) is 19.7. The van der Waals surface area contributed by atoms with Crippen molar-refractivity contribution in [2.75, 3.05) is 12.4 Å². The third-order valence-corrected chi connectivity index (χ3v) is 4.65. The van der Waals surface area contributed by atoms with E-state index in [1.807, 2.05) is 24.4 Å². The molecular weight excluding hydrogens is 395 g/mol. The number of aromatic nitrogens is 4. The number of halogens is 3. The third-order valence-electron chi connectivity index (χ3n) is 4.65. The molecule has 0 bridgehead atoms. The molecule has 0 saturated heterocycles. The SMILES string of the molecule is COc1ccnc2[nH]cc(Cc3ccc(NCc4ccc(C(F)(F)F)nc4)nc3)c12. The van der Waals surface area contributed by atoms with Crippen LogP contribution < -0.4 is 10.1 Å². The number of pyridine rings is 3. The van der Waals surface area contributed by atoms with Gasteiger partial charge in [-0.05, 0) is 34.9 Å². The smallest absolute Gasteiger partial charge is 0.433 e. The van der Waals surface area contributed by atoms with Gasteiger partial charge in [0.1, 0.15) is 22.9 Å². The highest BCUT2D eigenvalue weighted by Crippen LogP contribution is 2.29. The summed E-state index contributed by atoms with van der Waals surface area (Å²) in [6.45, 7) is 0.322. The summed E-state index contributed by atoms with van der Waals surface area (Å²) in [5, 5.41) is 4.03. The van der Waals surface area contributed by atoms with Crippen molar-refractivity contribution in [1.29, 1.82) is 0 Å². The molecule has 4 aromatic heterocycles. The molecule has 0 amide bonds. The first-order valence-corrected chi connectivity index (χ1v) is 9.14. The van der Waals surface area contributed by atoms with Gasteiger partial charge in [0.25, 0.3) is 0 Å². The normalized spacial score (nSPS) is 11.6. The summed E-state index contributed by atoms with van der Waals surface area (Å²) >= 11 is 0. The summed E-state index contributed by atoms with van der Waals surface area (Å²) < 4.78 is 43.1. The first-order valence-electron chi connectivity index (χ1n) is 9.14. The summed E-state index contributed by atoms with van der Waals surface area (Å²) in [6.07, 6.45) is 2.78. The number of alkyl halides is 3. The van der Waals surface area contributed by atoms with Crippen molar-refractivity contribution in [3.8, 4) is 5.75 Å². The number of hydrogen-bond donors (Lipinski definition) is 2. The topological polar surface area (TPSA) is 75.7 Å². The zero-order valence-electron chi connectivity index (χ0n) is 16.0. The molecule has 0 unspecified atom stereocenters. The van der Waals surface area contributed by atoms with Crippen molar-refractivity contribution < 1.29 is 17.9 Å². The fourth-order valence-corrected chi connectivity index (χ4v) is 3.14. The summed E-state index contributed by atoms with van der Waals surface area (Å²) in [5.41, 5.74) is 2.54. The van der Waals surface area contributed by atoms with E-state index in [0.29, 0.717) is 24.3 Å². The summed E-state index contributed by atoms with van der Waals surface area (Å²) in [7, 11) is 1.62. The summed E-state index contributed by atoms with van der Waals surface area (Å²) in [4.78, 5) is 15.3. The van der Waals surface area contributed by atoms with E-state index in [9.17, 15) is 13.2 Å². The Hall–Kier alpha value is -3.62. The predicted octanol–water partition coefficient (Wildman–Crippen LogP) is 4.58. The molecule has 154 valence electrons. The van der Waals surface area contributed by atoms with Crippen LogP contribution in [0.25, 0.3) is 11.0 Å². The van der Waals surface area contributed by atoms with E-state index in [-0.39, 0.29) is 0 Å². The largest absolute Gasteiger partial charge is 0.496 e. The average molecular weight is 413 g/mol. The third kappa shape index (κ3) is 4.19. The highest BCUT2D eigenvalue weighted by molar-refractivity contribution is 5.86. The molecule has 0 aliphatic heterocycles. The molecule has 6 nitrogen and oxygen atoms in total. The van der Waals surface area contributed by atoms with Gasteiger partial charge in [0.2, 0.25) is 0 Å². The number of hydrogen-bond acceptors (Lipinski definition) is 5. The van der Waals surface area contributed by atoms with Crippen LogP contribution in [0.2, 0.25) is 0 Å². The van der Waals surface area contributed by atoms with Gasteiger partial charge in [0.15, 0.2) is 0 Å². The predicted molar refractivity (Wildman–Crippen MR) is 106 cm³/mol. The minimum atomic E-state index is -4.44. The van der Waals surface area contributed by atoms with Crippen LogP contribution in [0, 0.1) is 0 Å². The number of nitrogens with zero attached hydrogens (tertiary/aromatic N) is 3. The molecule has 0 fully saturated rings. The Kier molecular flexibility index (Phi) is 5.26. The fourth-order valence-electron chi connectivity index (χ4n) is 3.14. The zero-order valence-corrected chi connectivity index (χ0v) is 16.0. The molecule has 0 radical (unpaired) electrons. The molecule has 0 aliphatic carbocycles. The fraction of sp³-hybridized carbons (Fsp3) is 0.190.